The van der Waals surface area contributed by atoms with Crippen LogP contribution < -0.4 is 0 Å². The second-order valence-corrected chi connectivity index (χ2v) is 7.29. The van der Waals surface area contributed by atoms with Gasteiger partial charge in [0.25, 0.3) is 5.91 Å². The van der Waals surface area contributed by atoms with Gasteiger partial charge >= 0.3 is 5.97 Å². The van der Waals surface area contributed by atoms with Gasteiger partial charge in [-0.25, -0.2) is 4.90 Å². The molecule has 2 aromatic rings. The van der Waals surface area contributed by atoms with Crippen LogP contribution in [0.4, 0.5) is 0 Å². The summed E-state index contributed by atoms with van der Waals surface area (Å²) in [5.41, 5.74) is 1.11. The van der Waals surface area contributed by atoms with Crippen LogP contribution in [0, 0.1) is 0 Å². The summed E-state index contributed by atoms with van der Waals surface area (Å²) in [6.07, 6.45) is 3.27. The second kappa shape index (κ2) is 8.10. The van der Waals surface area contributed by atoms with Crippen molar-refractivity contribution < 1.29 is 24.2 Å². The van der Waals surface area contributed by atoms with Gasteiger partial charge in [-0.1, -0.05) is 54.6 Å². The number of fused-ring (bicyclic) bond motifs is 1. The smallest absolute Gasteiger partial charge is 0.307 e. The van der Waals surface area contributed by atoms with E-state index in [1.807, 2.05) is 30.3 Å². The Hall–Kier alpha value is -3.87. The summed E-state index contributed by atoms with van der Waals surface area (Å²) < 4.78 is 10.8. The number of benzene rings is 2. The first-order valence-electron chi connectivity index (χ1n) is 9.76. The number of carboxylic acids is 1. The number of ether oxygens (including phenoxy) is 2. The Morgan fingerprint density at radius 1 is 1.03 bits per heavy atom. The Kier molecular flexibility index (Phi) is 5.33. The topological polar surface area (TPSA) is 88.4 Å². The molecule has 1 amide bonds. The number of methoxy groups -OCH3 is 2. The molecule has 0 radical (unpaired) electrons. The maximum atomic E-state index is 14.1. The van der Waals surface area contributed by atoms with Crippen LogP contribution in [-0.2, 0) is 30.9 Å². The van der Waals surface area contributed by atoms with E-state index in [2.05, 4.69) is 0 Å². The summed E-state index contributed by atoms with van der Waals surface area (Å²) in [4.78, 5) is 31.3. The quantitative estimate of drug-likeness (QED) is 0.779. The highest BCUT2D eigenvalue weighted by Crippen LogP contribution is 2.40. The average Bonchev–Trinajstić information content (AvgIpc) is 2.79. The van der Waals surface area contributed by atoms with Gasteiger partial charge in [0, 0.05) is 12.2 Å². The number of allylic oxidation sites excluding steroid dienone is 1. The van der Waals surface area contributed by atoms with E-state index < -0.39 is 11.4 Å². The monoisotopic (exact) mass is 418 g/mol. The third-order valence-corrected chi connectivity index (χ3v) is 5.55. The van der Waals surface area contributed by atoms with Gasteiger partial charge in [0.05, 0.1) is 27.2 Å². The highest BCUT2D eigenvalue weighted by molar-refractivity contribution is 6.13. The Bertz CT molecular complexity index is 1100. The zero-order chi connectivity index (χ0) is 22.0. The third-order valence-electron chi connectivity index (χ3n) is 5.55. The summed E-state index contributed by atoms with van der Waals surface area (Å²) >= 11 is 0. The first-order valence-corrected chi connectivity index (χ1v) is 9.76. The molecule has 2 aliphatic heterocycles. The summed E-state index contributed by atoms with van der Waals surface area (Å²) in [6, 6.07) is 16.6. The molecule has 0 saturated heterocycles. The van der Waals surface area contributed by atoms with Crippen LogP contribution in [0.25, 0.3) is 0 Å². The standard InChI is InChI=1S/C24H22N2O5/c1-30-19-13-20-25-15-24(17-6-4-3-5-7-17,23(29)26(20)21(14-19)31-2)18-10-8-16(9-11-18)12-22(27)28/h3-11,13-14H,12,15H2,1-2H3,(H,27,28). The molecule has 7 nitrogen and oxygen atoms in total. The molecule has 0 aromatic heterocycles. The van der Waals surface area contributed by atoms with Crippen LogP contribution >= 0.6 is 0 Å². The minimum Gasteiger partial charge on any atom is -0.496 e. The number of hydrogen-bond donors (Lipinski definition) is 1. The fourth-order valence-corrected chi connectivity index (χ4v) is 3.98. The molecule has 1 N–H and O–H groups in total. The first-order chi connectivity index (χ1) is 15.0. The predicted molar refractivity (Wildman–Crippen MR) is 114 cm³/mol. The number of carbonyl (C=O) groups excluding carboxylic acids is 1. The van der Waals surface area contributed by atoms with E-state index in [4.69, 9.17) is 19.6 Å². The summed E-state index contributed by atoms with van der Waals surface area (Å²) in [7, 11) is 3.04. The zero-order valence-electron chi connectivity index (χ0n) is 17.2. The molecule has 0 aliphatic carbocycles. The summed E-state index contributed by atoms with van der Waals surface area (Å²) in [6.45, 7) is 0.199. The number of carboxylic acid groups (broad SMARTS) is 1. The van der Waals surface area contributed by atoms with Crippen molar-refractivity contribution in [1.29, 1.82) is 0 Å². The van der Waals surface area contributed by atoms with Crippen molar-refractivity contribution in [3.05, 3.63) is 95.1 Å². The van der Waals surface area contributed by atoms with Gasteiger partial charge < -0.3 is 14.6 Å². The van der Waals surface area contributed by atoms with Gasteiger partial charge in [0.2, 0.25) is 5.88 Å². The number of hydrogen-bond acceptors (Lipinski definition) is 5. The lowest BCUT2D eigenvalue weighted by molar-refractivity contribution is -0.136. The number of aliphatic imine (C=N–C) groups is 1. The SMILES string of the molecule is COC1=CC2=NCC(c3ccccc3)(c3ccc(CC(=O)O)cc3)C(=O)N2C(OC)=C1. The third kappa shape index (κ3) is 3.48. The van der Waals surface area contributed by atoms with Crippen molar-refractivity contribution in [2.75, 3.05) is 20.8 Å². The highest BCUT2D eigenvalue weighted by Gasteiger charge is 2.50. The van der Waals surface area contributed by atoms with Crippen LogP contribution in [0.3, 0.4) is 0 Å². The molecular formula is C24H22N2O5. The van der Waals surface area contributed by atoms with E-state index >= 15 is 0 Å². The van der Waals surface area contributed by atoms with E-state index in [0.717, 1.165) is 11.1 Å². The number of amidine groups is 1. The molecule has 1 unspecified atom stereocenters. The van der Waals surface area contributed by atoms with Gasteiger partial charge in [-0.05, 0) is 16.7 Å². The van der Waals surface area contributed by atoms with Gasteiger partial charge in [0.1, 0.15) is 17.0 Å². The van der Waals surface area contributed by atoms with Crippen LogP contribution in [0.5, 0.6) is 0 Å². The van der Waals surface area contributed by atoms with Crippen LogP contribution in [0.2, 0.25) is 0 Å². The second-order valence-electron chi connectivity index (χ2n) is 7.29. The maximum absolute atomic E-state index is 14.1. The number of amides is 1. The predicted octanol–water partition coefficient (Wildman–Crippen LogP) is 2.87. The average molecular weight is 418 g/mol. The largest absolute Gasteiger partial charge is 0.496 e. The van der Waals surface area contributed by atoms with Gasteiger partial charge in [0.15, 0.2) is 0 Å². The molecule has 7 heteroatoms. The molecule has 1 atom stereocenters. The number of rotatable bonds is 6. The normalized spacial score (nSPS) is 20.3. The maximum Gasteiger partial charge on any atom is 0.307 e. The van der Waals surface area contributed by atoms with Gasteiger partial charge in [-0.3, -0.25) is 14.6 Å². The molecular weight excluding hydrogens is 396 g/mol. The molecule has 2 aromatic carbocycles. The molecule has 2 heterocycles. The molecule has 0 saturated carbocycles. The number of aliphatic carboxylic acids is 1. The van der Waals surface area contributed by atoms with Crippen molar-refractivity contribution in [1.82, 2.24) is 4.90 Å². The Labute approximate surface area is 179 Å². The molecule has 0 spiro atoms. The van der Waals surface area contributed by atoms with Crippen LogP contribution in [0.15, 0.2) is 83.4 Å². The van der Waals surface area contributed by atoms with E-state index in [1.165, 1.54) is 12.0 Å². The minimum atomic E-state index is -1.08. The summed E-state index contributed by atoms with van der Waals surface area (Å²) in [5, 5.41) is 9.07. The Morgan fingerprint density at radius 3 is 2.32 bits per heavy atom. The lowest BCUT2D eigenvalue weighted by atomic mass is 9.72. The van der Waals surface area contributed by atoms with Crippen molar-refractivity contribution in [3.63, 3.8) is 0 Å². The van der Waals surface area contributed by atoms with E-state index in [9.17, 15) is 9.59 Å². The van der Waals surface area contributed by atoms with Crippen molar-refractivity contribution in [2.45, 2.75) is 11.8 Å². The highest BCUT2D eigenvalue weighted by atomic mass is 16.5. The molecule has 158 valence electrons. The fourth-order valence-electron chi connectivity index (χ4n) is 3.98. The lowest BCUT2D eigenvalue weighted by Gasteiger charge is -2.41. The van der Waals surface area contributed by atoms with E-state index in [1.54, 1.807) is 43.5 Å². The van der Waals surface area contributed by atoms with Gasteiger partial charge in [-0.15, -0.1) is 0 Å². The fraction of sp³-hybridized carbons (Fsp3) is 0.208. The number of carbonyl (C=O) groups is 2. The molecule has 31 heavy (non-hydrogen) atoms. The Balaban J connectivity index is 1.87. The summed E-state index contributed by atoms with van der Waals surface area (Å²) in [5.74, 6) is 0.220. The molecule has 2 aliphatic rings. The zero-order valence-corrected chi connectivity index (χ0v) is 17.2. The number of nitrogens with zero attached hydrogens (tertiary/aromatic N) is 2. The van der Waals surface area contributed by atoms with Crippen molar-refractivity contribution in [3.8, 4) is 0 Å². The van der Waals surface area contributed by atoms with Gasteiger partial charge in [-0.2, -0.15) is 0 Å². The van der Waals surface area contributed by atoms with E-state index in [-0.39, 0.29) is 18.9 Å². The molecule has 0 fully saturated rings. The van der Waals surface area contributed by atoms with Crippen molar-refractivity contribution >= 4 is 17.7 Å². The van der Waals surface area contributed by atoms with Crippen LogP contribution in [0.1, 0.15) is 16.7 Å². The Morgan fingerprint density at radius 2 is 1.71 bits per heavy atom. The first kappa shape index (κ1) is 20.4. The van der Waals surface area contributed by atoms with Crippen molar-refractivity contribution in [2.24, 2.45) is 4.99 Å². The lowest BCUT2D eigenvalue weighted by Crippen LogP contribution is -2.55. The molecule has 4 rings (SSSR count). The minimum absolute atomic E-state index is 0.0812. The van der Waals surface area contributed by atoms with Crippen LogP contribution in [-0.4, -0.2) is 48.5 Å². The molecule has 0 bridgehead atoms. The van der Waals surface area contributed by atoms with E-state index in [0.29, 0.717) is 23.0 Å².